The van der Waals surface area contributed by atoms with Crippen molar-refractivity contribution < 1.29 is 14.3 Å². The molecule has 0 aliphatic heterocycles. The molecule has 1 heterocycles. The molecule has 0 saturated heterocycles. The summed E-state index contributed by atoms with van der Waals surface area (Å²) >= 11 is 0. The Balaban J connectivity index is 2.21. The molecule has 0 fully saturated rings. The lowest BCUT2D eigenvalue weighted by molar-refractivity contribution is -0.118. The lowest BCUT2D eigenvalue weighted by atomic mass is 10.2. The molecule has 96 valence electrons. The highest BCUT2D eigenvalue weighted by Crippen LogP contribution is 2.22. The fourth-order valence-electron chi connectivity index (χ4n) is 1.78. The minimum atomic E-state index is -0.0281. The average Bonchev–Trinajstić information content (AvgIpc) is 2.73. The second kappa shape index (κ2) is 5.18. The van der Waals surface area contributed by atoms with Crippen LogP contribution in [0.3, 0.4) is 0 Å². The van der Waals surface area contributed by atoms with Crippen LogP contribution in [0.1, 0.15) is 18.7 Å². The maximum absolute atomic E-state index is 11.8. The fraction of sp³-hybridized carbons (Fsp3) is 0.385. The number of aliphatic hydroxyl groups excluding tert-OH is 1. The third-order valence-electron chi connectivity index (χ3n) is 2.79. The molecule has 0 saturated carbocycles. The van der Waals surface area contributed by atoms with Crippen molar-refractivity contribution in [3.63, 3.8) is 0 Å². The number of aromatic nitrogens is 1. The molecule has 5 nitrogen and oxygen atoms in total. The Labute approximate surface area is 105 Å². The Hall–Kier alpha value is -1.88. The number of carbonyl (C=O) groups is 1. The van der Waals surface area contributed by atoms with E-state index in [4.69, 9.17) is 9.52 Å². The average molecular weight is 248 g/mol. The largest absolute Gasteiger partial charge is 0.441 e. The van der Waals surface area contributed by atoms with Gasteiger partial charge in [-0.2, -0.15) is 0 Å². The number of anilines is 1. The van der Waals surface area contributed by atoms with Gasteiger partial charge < -0.3 is 14.4 Å². The topological polar surface area (TPSA) is 66.6 Å². The van der Waals surface area contributed by atoms with E-state index >= 15 is 0 Å². The number of aryl methyl sites for hydroxylation is 1. The molecule has 0 aliphatic rings. The molecule has 18 heavy (non-hydrogen) atoms. The summed E-state index contributed by atoms with van der Waals surface area (Å²) in [5.74, 6) is 0.580. The van der Waals surface area contributed by atoms with Crippen molar-refractivity contribution in [3.05, 3.63) is 24.1 Å². The zero-order valence-corrected chi connectivity index (χ0v) is 10.5. The number of benzene rings is 1. The molecule has 1 amide bonds. The van der Waals surface area contributed by atoms with Gasteiger partial charge >= 0.3 is 0 Å². The van der Waals surface area contributed by atoms with Gasteiger partial charge in [-0.1, -0.05) is 0 Å². The van der Waals surface area contributed by atoms with Crippen molar-refractivity contribution >= 4 is 22.7 Å². The summed E-state index contributed by atoms with van der Waals surface area (Å²) in [5, 5.41) is 8.72. The summed E-state index contributed by atoms with van der Waals surface area (Å²) in [5.41, 5.74) is 2.22. The molecule has 1 aromatic heterocycles. The SMILES string of the molecule is Cc1nc2ccc(N(C)C(=O)CCCO)cc2o1. The van der Waals surface area contributed by atoms with E-state index in [2.05, 4.69) is 4.98 Å². The number of hydrogen-bond acceptors (Lipinski definition) is 4. The number of nitrogens with zero attached hydrogens (tertiary/aromatic N) is 2. The number of carbonyl (C=O) groups excluding carboxylic acids is 1. The third kappa shape index (κ3) is 2.51. The van der Waals surface area contributed by atoms with Crippen LogP contribution in [0.4, 0.5) is 5.69 Å². The first-order chi connectivity index (χ1) is 8.61. The minimum absolute atomic E-state index is 0.0277. The van der Waals surface area contributed by atoms with Gasteiger partial charge in [0.15, 0.2) is 11.5 Å². The van der Waals surface area contributed by atoms with Crippen molar-refractivity contribution in [2.24, 2.45) is 0 Å². The number of aliphatic hydroxyl groups is 1. The van der Waals surface area contributed by atoms with Crippen LogP contribution >= 0.6 is 0 Å². The Morgan fingerprint density at radius 2 is 2.28 bits per heavy atom. The van der Waals surface area contributed by atoms with E-state index in [1.54, 1.807) is 24.9 Å². The van der Waals surface area contributed by atoms with E-state index < -0.39 is 0 Å². The van der Waals surface area contributed by atoms with Crippen molar-refractivity contribution in [3.8, 4) is 0 Å². The summed E-state index contributed by atoms with van der Waals surface area (Å²) in [6.45, 7) is 1.82. The lowest BCUT2D eigenvalue weighted by Gasteiger charge is -2.16. The number of rotatable bonds is 4. The number of fused-ring (bicyclic) bond motifs is 1. The second-order valence-electron chi connectivity index (χ2n) is 4.16. The van der Waals surface area contributed by atoms with E-state index in [0.29, 0.717) is 24.3 Å². The van der Waals surface area contributed by atoms with Crippen LogP contribution in [-0.4, -0.2) is 29.7 Å². The molecule has 1 aromatic carbocycles. The summed E-state index contributed by atoms with van der Waals surface area (Å²) in [6, 6.07) is 5.46. The summed E-state index contributed by atoms with van der Waals surface area (Å²) in [6.07, 6.45) is 0.813. The highest BCUT2D eigenvalue weighted by Gasteiger charge is 2.12. The molecule has 0 atom stereocenters. The first kappa shape index (κ1) is 12.6. The first-order valence-corrected chi connectivity index (χ1v) is 5.86. The second-order valence-corrected chi connectivity index (χ2v) is 4.16. The predicted molar refractivity (Wildman–Crippen MR) is 68.5 cm³/mol. The van der Waals surface area contributed by atoms with Gasteiger partial charge in [-0.05, 0) is 18.6 Å². The molecule has 0 radical (unpaired) electrons. The van der Waals surface area contributed by atoms with Crippen LogP contribution in [-0.2, 0) is 4.79 Å². The van der Waals surface area contributed by atoms with Crippen LogP contribution in [0.5, 0.6) is 0 Å². The predicted octanol–water partition coefficient (Wildman–Crippen LogP) is 1.87. The maximum atomic E-state index is 11.8. The van der Waals surface area contributed by atoms with Crippen LogP contribution in [0.15, 0.2) is 22.6 Å². The molecular formula is C13H16N2O3. The molecule has 2 aromatic rings. The zero-order chi connectivity index (χ0) is 13.1. The Kier molecular flexibility index (Phi) is 3.62. The molecule has 2 rings (SSSR count). The van der Waals surface area contributed by atoms with Gasteiger partial charge in [-0.25, -0.2) is 4.98 Å². The van der Waals surface area contributed by atoms with Gasteiger partial charge in [0.1, 0.15) is 5.52 Å². The molecule has 0 unspecified atom stereocenters. The standard InChI is InChI=1S/C13H16N2O3/c1-9-14-11-6-5-10(8-12(11)18-9)15(2)13(17)4-3-7-16/h5-6,8,16H,3-4,7H2,1-2H3. The highest BCUT2D eigenvalue weighted by molar-refractivity contribution is 5.94. The highest BCUT2D eigenvalue weighted by atomic mass is 16.3. The number of amides is 1. The number of hydrogen-bond donors (Lipinski definition) is 1. The minimum Gasteiger partial charge on any atom is -0.441 e. The normalized spacial score (nSPS) is 10.8. The van der Waals surface area contributed by atoms with Gasteiger partial charge in [0.05, 0.1) is 0 Å². The van der Waals surface area contributed by atoms with Gasteiger partial charge in [-0.3, -0.25) is 4.79 Å². The molecular weight excluding hydrogens is 232 g/mol. The van der Waals surface area contributed by atoms with Crippen molar-refractivity contribution in [1.82, 2.24) is 4.98 Å². The lowest BCUT2D eigenvalue weighted by Crippen LogP contribution is -2.25. The molecule has 1 N–H and O–H groups in total. The molecule has 0 bridgehead atoms. The van der Waals surface area contributed by atoms with Crippen molar-refractivity contribution in [1.29, 1.82) is 0 Å². The quantitative estimate of drug-likeness (QED) is 0.897. The van der Waals surface area contributed by atoms with E-state index in [0.717, 1.165) is 11.2 Å². The van der Waals surface area contributed by atoms with Gasteiger partial charge in [0.2, 0.25) is 5.91 Å². The molecule has 0 aliphatic carbocycles. The van der Waals surface area contributed by atoms with Crippen LogP contribution < -0.4 is 4.90 Å². The fourth-order valence-corrected chi connectivity index (χ4v) is 1.78. The summed E-state index contributed by atoms with van der Waals surface area (Å²) in [4.78, 5) is 17.6. The van der Waals surface area contributed by atoms with Crippen LogP contribution in [0.2, 0.25) is 0 Å². The van der Waals surface area contributed by atoms with Gasteiger partial charge in [-0.15, -0.1) is 0 Å². The van der Waals surface area contributed by atoms with E-state index in [-0.39, 0.29) is 12.5 Å². The van der Waals surface area contributed by atoms with Crippen LogP contribution in [0, 0.1) is 6.92 Å². The number of oxazole rings is 1. The van der Waals surface area contributed by atoms with Gasteiger partial charge in [0.25, 0.3) is 0 Å². The Morgan fingerprint density at radius 1 is 1.50 bits per heavy atom. The maximum Gasteiger partial charge on any atom is 0.226 e. The third-order valence-corrected chi connectivity index (χ3v) is 2.79. The summed E-state index contributed by atoms with van der Waals surface area (Å²) < 4.78 is 5.43. The van der Waals surface area contributed by atoms with E-state index in [1.807, 2.05) is 12.1 Å². The first-order valence-electron chi connectivity index (χ1n) is 5.86. The molecule has 0 spiro atoms. The zero-order valence-electron chi connectivity index (χ0n) is 10.5. The van der Waals surface area contributed by atoms with E-state index in [9.17, 15) is 4.79 Å². The monoisotopic (exact) mass is 248 g/mol. The van der Waals surface area contributed by atoms with Gasteiger partial charge in [0, 0.05) is 38.8 Å². The van der Waals surface area contributed by atoms with Crippen molar-refractivity contribution in [2.75, 3.05) is 18.6 Å². The molecule has 5 heteroatoms. The Bertz CT molecular complexity index is 562. The summed E-state index contributed by atoms with van der Waals surface area (Å²) in [7, 11) is 1.71. The Morgan fingerprint density at radius 3 is 3.00 bits per heavy atom. The van der Waals surface area contributed by atoms with Crippen molar-refractivity contribution in [2.45, 2.75) is 19.8 Å². The smallest absolute Gasteiger partial charge is 0.226 e. The van der Waals surface area contributed by atoms with Crippen LogP contribution in [0.25, 0.3) is 11.1 Å². The van der Waals surface area contributed by atoms with E-state index in [1.165, 1.54) is 0 Å².